The molecule has 1 heterocycles. The van der Waals surface area contributed by atoms with Gasteiger partial charge in [0.2, 0.25) is 0 Å². The van der Waals surface area contributed by atoms with E-state index in [4.69, 9.17) is 4.74 Å². The van der Waals surface area contributed by atoms with Gasteiger partial charge in [0, 0.05) is 43.6 Å². The number of aromatic nitrogens is 1. The summed E-state index contributed by atoms with van der Waals surface area (Å²) in [5, 5.41) is 9.32. The molecule has 2 aromatic rings. The average molecular weight is 381 g/mol. The van der Waals surface area contributed by atoms with E-state index in [9.17, 15) is 19.4 Å². The van der Waals surface area contributed by atoms with Gasteiger partial charge in [0.1, 0.15) is 5.82 Å². The molecule has 0 bridgehead atoms. The third kappa shape index (κ3) is 4.99. The SMILES string of the molecule is CCOC(=O)C(=C=[N-])C=C(C(=O)c1ccc(F)cc1)[n+]1ccc(N(C)C)cc1. The predicted octanol–water partition coefficient (Wildman–Crippen LogP) is 2.63. The summed E-state index contributed by atoms with van der Waals surface area (Å²) in [4.78, 5) is 26.9. The summed E-state index contributed by atoms with van der Waals surface area (Å²) in [5.41, 5.74) is 0.871. The molecule has 0 spiro atoms. The molecule has 1 aromatic heterocycles. The van der Waals surface area contributed by atoms with Gasteiger partial charge < -0.3 is 15.0 Å². The number of halogens is 1. The number of carbonyl (C=O) groups excluding carboxylic acids is 2. The van der Waals surface area contributed by atoms with Crippen molar-refractivity contribution in [2.75, 3.05) is 25.6 Å². The van der Waals surface area contributed by atoms with Gasteiger partial charge in [0.25, 0.3) is 11.5 Å². The zero-order valence-corrected chi connectivity index (χ0v) is 15.8. The first-order chi connectivity index (χ1) is 13.4. The minimum atomic E-state index is -0.820. The summed E-state index contributed by atoms with van der Waals surface area (Å²) in [6.07, 6.45) is 4.46. The Balaban J connectivity index is 2.55. The minimum Gasteiger partial charge on any atom is -0.763 e. The predicted molar refractivity (Wildman–Crippen MR) is 104 cm³/mol. The third-order valence-electron chi connectivity index (χ3n) is 3.84. The topological polar surface area (TPSA) is 72.8 Å². The zero-order chi connectivity index (χ0) is 20.7. The fraction of sp³-hybridized carbons (Fsp3) is 0.190. The lowest BCUT2D eigenvalue weighted by atomic mass is 10.1. The number of benzene rings is 1. The second-order valence-corrected chi connectivity index (χ2v) is 5.97. The number of rotatable bonds is 7. The molecule has 2 rings (SSSR count). The summed E-state index contributed by atoms with van der Waals surface area (Å²) < 4.78 is 19.6. The van der Waals surface area contributed by atoms with Crippen LogP contribution in [-0.4, -0.2) is 38.3 Å². The molecule has 1 aromatic carbocycles. The number of ether oxygens (including phenoxy) is 1. The average Bonchev–Trinajstić information content (AvgIpc) is 2.69. The Bertz CT molecular complexity index is 942. The first-order valence-corrected chi connectivity index (χ1v) is 8.52. The van der Waals surface area contributed by atoms with Crippen molar-refractivity contribution in [2.24, 2.45) is 0 Å². The van der Waals surface area contributed by atoms with E-state index < -0.39 is 17.6 Å². The largest absolute Gasteiger partial charge is 0.763 e. The van der Waals surface area contributed by atoms with Gasteiger partial charge in [0.05, 0.1) is 12.2 Å². The fourth-order valence-electron chi connectivity index (χ4n) is 2.37. The Kier molecular flexibility index (Phi) is 6.96. The van der Waals surface area contributed by atoms with Crippen molar-refractivity contribution in [2.45, 2.75) is 6.92 Å². The van der Waals surface area contributed by atoms with Gasteiger partial charge >= 0.3 is 5.97 Å². The van der Waals surface area contributed by atoms with Gasteiger partial charge in [-0.25, -0.2) is 9.18 Å². The maximum Gasteiger partial charge on any atom is 0.344 e. The second-order valence-electron chi connectivity index (χ2n) is 5.97. The van der Waals surface area contributed by atoms with Crippen LogP contribution in [0.15, 0.2) is 60.4 Å². The molecule has 28 heavy (non-hydrogen) atoms. The summed E-state index contributed by atoms with van der Waals surface area (Å²) in [6.45, 7) is 1.72. The highest BCUT2D eigenvalue weighted by Crippen LogP contribution is 2.14. The van der Waals surface area contributed by atoms with Crippen molar-refractivity contribution in [1.82, 2.24) is 0 Å². The quantitative estimate of drug-likeness (QED) is 0.185. The first-order valence-electron chi connectivity index (χ1n) is 8.52. The van der Waals surface area contributed by atoms with E-state index in [2.05, 4.69) is 0 Å². The van der Waals surface area contributed by atoms with Gasteiger partial charge in [-0.05, 0) is 31.2 Å². The van der Waals surface area contributed by atoms with E-state index in [0.717, 1.165) is 5.69 Å². The zero-order valence-electron chi connectivity index (χ0n) is 15.8. The molecule has 0 atom stereocenters. The maximum atomic E-state index is 13.2. The van der Waals surface area contributed by atoms with Gasteiger partial charge in [-0.15, -0.1) is 0 Å². The molecule has 0 radical (unpaired) electrons. The maximum absolute atomic E-state index is 13.2. The van der Waals surface area contributed by atoms with E-state index in [1.807, 2.05) is 19.0 Å². The van der Waals surface area contributed by atoms with Crippen LogP contribution in [-0.2, 0) is 9.53 Å². The third-order valence-corrected chi connectivity index (χ3v) is 3.84. The highest BCUT2D eigenvalue weighted by atomic mass is 19.1. The number of pyridine rings is 1. The van der Waals surface area contributed by atoms with Crippen molar-refractivity contribution in [3.8, 4) is 0 Å². The van der Waals surface area contributed by atoms with Crippen LogP contribution < -0.4 is 9.47 Å². The van der Waals surface area contributed by atoms with E-state index >= 15 is 0 Å². The summed E-state index contributed by atoms with van der Waals surface area (Å²) >= 11 is 0. The molecular weight excluding hydrogens is 361 g/mol. The monoisotopic (exact) mass is 381 g/mol. The van der Waals surface area contributed by atoms with Crippen LogP contribution >= 0.6 is 0 Å². The summed E-state index contributed by atoms with van der Waals surface area (Å²) in [6, 6.07) is 8.59. The van der Waals surface area contributed by atoms with E-state index in [0.29, 0.717) is 0 Å². The highest BCUT2D eigenvalue weighted by molar-refractivity contribution is 6.23. The van der Waals surface area contributed by atoms with Crippen LogP contribution in [0.5, 0.6) is 0 Å². The van der Waals surface area contributed by atoms with Crippen LogP contribution in [0.4, 0.5) is 10.1 Å². The van der Waals surface area contributed by atoms with Gasteiger partial charge in [-0.2, -0.15) is 4.57 Å². The number of ketones is 1. The van der Waals surface area contributed by atoms with Crippen LogP contribution in [0.1, 0.15) is 17.3 Å². The second kappa shape index (κ2) is 9.39. The van der Waals surface area contributed by atoms with Crippen LogP contribution in [0, 0.1) is 5.82 Å². The first kappa shape index (κ1) is 20.7. The Hall–Kier alpha value is -3.57. The van der Waals surface area contributed by atoms with Crippen molar-refractivity contribution < 1.29 is 23.3 Å². The molecule has 0 aliphatic rings. The fourth-order valence-corrected chi connectivity index (χ4v) is 2.37. The van der Waals surface area contributed by atoms with Crippen molar-refractivity contribution in [3.63, 3.8) is 0 Å². The lowest BCUT2D eigenvalue weighted by Crippen LogP contribution is -2.36. The summed E-state index contributed by atoms with van der Waals surface area (Å²) in [7, 11) is 3.75. The Morgan fingerprint density at radius 3 is 2.29 bits per heavy atom. The van der Waals surface area contributed by atoms with Gasteiger partial charge in [0.15, 0.2) is 12.4 Å². The molecule has 144 valence electrons. The van der Waals surface area contributed by atoms with E-state index in [1.165, 1.54) is 34.9 Å². The number of hydrogen-bond acceptors (Lipinski definition) is 4. The molecule has 0 unspecified atom stereocenters. The number of Topliss-reactive ketones (excluding diaryl/α,β-unsaturated/α-hetero) is 1. The minimum absolute atomic E-state index is 0.0570. The Morgan fingerprint density at radius 2 is 1.79 bits per heavy atom. The summed E-state index contributed by atoms with van der Waals surface area (Å²) in [5.74, 6) is 0.000403. The van der Waals surface area contributed by atoms with Crippen LogP contribution in [0.25, 0.3) is 11.1 Å². The molecule has 0 saturated heterocycles. The Labute approximate surface area is 162 Å². The molecule has 0 saturated carbocycles. The standard InChI is InChI=1S/C21H20FN3O3/c1-4-28-21(27)16(14-23)13-19(20(26)15-5-7-17(22)8-6-15)25-11-9-18(10-12-25)24(2)3/h5-13H,4H2,1-3H3. The normalized spacial score (nSPS) is 10.8. The van der Waals surface area contributed by atoms with Gasteiger partial charge in [-0.3, -0.25) is 10.7 Å². The van der Waals surface area contributed by atoms with Crippen LogP contribution in [0.2, 0.25) is 0 Å². The molecular formula is C21H20FN3O3. The molecule has 0 amide bonds. The molecule has 0 fully saturated rings. The number of anilines is 1. The van der Waals surface area contributed by atoms with E-state index in [-0.39, 0.29) is 23.4 Å². The van der Waals surface area contributed by atoms with Crippen molar-refractivity contribution in [3.05, 3.63) is 77.2 Å². The smallest absolute Gasteiger partial charge is 0.344 e. The number of hydrogen-bond donors (Lipinski definition) is 0. The highest BCUT2D eigenvalue weighted by Gasteiger charge is 2.24. The molecule has 0 aliphatic carbocycles. The van der Waals surface area contributed by atoms with Crippen molar-refractivity contribution >= 4 is 29.0 Å². The number of nitrogens with zero attached hydrogens (tertiary/aromatic N) is 3. The molecule has 0 aliphatic heterocycles. The van der Waals surface area contributed by atoms with Gasteiger partial charge in [-0.1, -0.05) is 0 Å². The van der Waals surface area contributed by atoms with Crippen molar-refractivity contribution in [1.29, 1.82) is 0 Å². The van der Waals surface area contributed by atoms with Crippen LogP contribution in [0.3, 0.4) is 0 Å². The molecule has 7 heteroatoms. The van der Waals surface area contributed by atoms with E-state index in [1.54, 1.807) is 37.3 Å². The lowest BCUT2D eigenvalue weighted by Gasteiger charge is -2.11. The Morgan fingerprint density at radius 1 is 1.18 bits per heavy atom. The number of allylic oxidation sites excluding steroid dienone is 1. The number of esters is 1. The molecule has 0 N–H and O–H groups in total. The number of carbonyl (C=O) groups is 2. The molecule has 6 nitrogen and oxygen atoms in total. The lowest BCUT2D eigenvalue weighted by molar-refractivity contribution is -0.576.